The molecule has 0 fully saturated rings. The van der Waals surface area contributed by atoms with Crippen molar-refractivity contribution in [2.75, 3.05) is 19.6 Å². The first-order valence-corrected chi connectivity index (χ1v) is 22.1. The zero-order chi connectivity index (χ0) is 44.9. The number of para-hydroxylation sites is 3. The fourth-order valence-electron chi connectivity index (χ4n) is 8.94. The second-order valence-electron chi connectivity index (χ2n) is 16.6. The Morgan fingerprint density at radius 1 is 0.349 bits per heavy atom. The molecule has 63 heavy (non-hydrogen) atoms. The van der Waals surface area contributed by atoms with Gasteiger partial charge in [0.05, 0.1) is 33.1 Å². The van der Waals surface area contributed by atoms with Crippen molar-refractivity contribution in [1.82, 2.24) is 13.7 Å². The second kappa shape index (κ2) is 19.3. The molecule has 6 N–H and O–H groups in total. The summed E-state index contributed by atoms with van der Waals surface area (Å²) in [5.74, 6) is 0. The largest absolute Gasteiger partial charge is 0.340 e. The van der Waals surface area contributed by atoms with Crippen LogP contribution in [0.1, 0.15) is 52.6 Å². The molecular weight excluding hydrogens is 781 g/mol. The van der Waals surface area contributed by atoms with Gasteiger partial charge in [-0.3, -0.25) is 14.4 Å². The minimum atomic E-state index is 0.118. The van der Waals surface area contributed by atoms with Crippen molar-refractivity contribution >= 4 is 65.4 Å². The average Bonchev–Trinajstić information content (AvgIpc) is 3.30. The summed E-state index contributed by atoms with van der Waals surface area (Å²) in [6.45, 7) is 17.0. The average molecular weight is 841 g/mol. The summed E-state index contributed by atoms with van der Waals surface area (Å²) in [5.41, 5.74) is 30.7. The molecule has 9 heteroatoms. The predicted molar refractivity (Wildman–Crippen MR) is 267 cm³/mol. The van der Waals surface area contributed by atoms with E-state index in [-0.39, 0.29) is 16.3 Å². The molecule has 0 atom stereocenters. The number of hydrogen-bond acceptors (Lipinski definition) is 6. The summed E-state index contributed by atoms with van der Waals surface area (Å²) in [5, 5.41) is 4.75. The highest BCUT2D eigenvalue weighted by Crippen LogP contribution is 2.27. The number of aromatic nitrogens is 3. The topological polar surface area (TPSA) is 144 Å². The van der Waals surface area contributed by atoms with Crippen molar-refractivity contribution in [3.05, 3.63) is 173 Å². The lowest BCUT2D eigenvalue weighted by atomic mass is 10.0. The fraction of sp³-hybridized carbons (Fsp3) is 0.278. The van der Waals surface area contributed by atoms with Gasteiger partial charge in [-0.15, -0.1) is 0 Å². The molecule has 9 aromatic rings. The van der Waals surface area contributed by atoms with Gasteiger partial charge in [0.2, 0.25) is 0 Å². The van der Waals surface area contributed by atoms with Crippen molar-refractivity contribution in [1.29, 1.82) is 0 Å². The Balaban J connectivity index is 0.000000142. The lowest BCUT2D eigenvalue weighted by Crippen LogP contribution is -2.14. The monoisotopic (exact) mass is 840 g/mol. The van der Waals surface area contributed by atoms with Crippen LogP contribution >= 0.6 is 0 Å². The minimum absolute atomic E-state index is 0.118. The lowest BCUT2D eigenvalue weighted by Gasteiger charge is -2.17. The third-order valence-corrected chi connectivity index (χ3v) is 12.7. The zero-order valence-corrected chi connectivity index (χ0v) is 37.6. The molecule has 0 saturated carbocycles. The number of nitrogens with two attached hydrogens (primary N) is 3. The number of fused-ring (bicyclic) bond motifs is 6. The van der Waals surface area contributed by atoms with Crippen LogP contribution in [0.4, 0.5) is 0 Å². The number of rotatable bonds is 9. The molecule has 0 aliphatic carbocycles. The molecule has 0 spiro atoms. The molecular formula is C54H60N6O3. The zero-order valence-electron chi connectivity index (χ0n) is 37.6. The quantitative estimate of drug-likeness (QED) is 0.124. The third-order valence-electron chi connectivity index (χ3n) is 12.7. The minimum Gasteiger partial charge on any atom is -0.340 e. The second-order valence-corrected chi connectivity index (χ2v) is 16.6. The normalized spacial score (nSPS) is 11.4. The molecule has 0 saturated heterocycles. The summed E-state index contributed by atoms with van der Waals surface area (Å²) >= 11 is 0. The Morgan fingerprint density at radius 3 is 0.857 bits per heavy atom. The van der Waals surface area contributed by atoms with Gasteiger partial charge >= 0.3 is 0 Å². The standard InChI is InChI=1S/3C18H20N2O/c3*1-12-8-9-15-17(13(12)2)20(11-5-10-19)16-7-4-3-6-14(16)18(15)21/h3*3-4,6-9H,5,10-11,19H2,1-2H3. The lowest BCUT2D eigenvalue weighted by molar-refractivity contribution is 0.683. The van der Waals surface area contributed by atoms with Gasteiger partial charge in [-0.25, -0.2) is 0 Å². The van der Waals surface area contributed by atoms with Gasteiger partial charge in [-0.1, -0.05) is 54.6 Å². The van der Waals surface area contributed by atoms with E-state index < -0.39 is 0 Å². The van der Waals surface area contributed by atoms with E-state index in [0.29, 0.717) is 19.6 Å². The van der Waals surface area contributed by atoms with Gasteiger partial charge in [0.1, 0.15) is 0 Å². The Labute approximate surface area is 368 Å². The number of aryl methyl sites for hydroxylation is 9. The number of nitrogens with zero attached hydrogens (tertiary/aromatic N) is 3. The predicted octanol–water partition coefficient (Wildman–Crippen LogP) is 9.36. The molecule has 9 rings (SSSR count). The van der Waals surface area contributed by atoms with Gasteiger partial charge in [0.15, 0.2) is 16.3 Å². The Kier molecular flexibility index (Phi) is 13.7. The first kappa shape index (κ1) is 44.7. The molecule has 0 amide bonds. The molecule has 3 aromatic heterocycles. The molecule has 0 radical (unpaired) electrons. The van der Waals surface area contributed by atoms with Gasteiger partial charge < -0.3 is 30.9 Å². The van der Waals surface area contributed by atoms with E-state index >= 15 is 0 Å². The molecule has 0 aliphatic rings. The fourth-order valence-corrected chi connectivity index (χ4v) is 8.94. The summed E-state index contributed by atoms with van der Waals surface area (Å²) < 4.78 is 6.75. The van der Waals surface area contributed by atoms with E-state index in [0.717, 1.165) is 104 Å². The molecule has 324 valence electrons. The summed E-state index contributed by atoms with van der Waals surface area (Å²) in [4.78, 5) is 38.2. The highest BCUT2D eigenvalue weighted by molar-refractivity contribution is 5.97. The van der Waals surface area contributed by atoms with Crippen molar-refractivity contribution in [3.8, 4) is 0 Å². The van der Waals surface area contributed by atoms with E-state index in [2.05, 4.69) is 55.2 Å². The molecule has 3 heterocycles. The third kappa shape index (κ3) is 8.44. The molecule has 9 nitrogen and oxygen atoms in total. The van der Waals surface area contributed by atoms with Crippen molar-refractivity contribution < 1.29 is 0 Å². The maximum Gasteiger partial charge on any atom is 0.197 e. The maximum absolute atomic E-state index is 12.7. The van der Waals surface area contributed by atoms with Gasteiger partial charge in [-0.05, 0) is 168 Å². The van der Waals surface area contributed by atoms with Crippen LogP contribution < -0.4 is 33.5 Å². The summed E-state index contributed by atoms with van der Waals surface area (Å²) in [6.07, 6.45) is 2.69. The van der Waals surface area contributed by atoms with Crippen LogP contribution in [0.3, 0.4) is 0 Å². The van der Waals surface area contributed by atoms with E-state index in [1.165, 1.54) is 33.4 Å². The van der Waals surface area contributed by atoms with Crippen molar-refractivity contribution in [3.63, 3.8) is 0 Å². The molecule has 0 bridgehead atoms. The van der Waals surface area contributed by atoms with Gasteiger partial charge in [-0.2, -0.15) is 0 Å². The maximum atomic E-state index is 12.7. The van der Waals surface area contributed by atoms with E-state index in [1.807, 2.05) is 109 Å². The van der Waals surface area contributed by atoms with Crippen LogP contribution in [-0.2, 0) is 19.6 Å². The van der Waals surface area contributed by atoms with Crippen LogP contribution in [-0.4, -0.2) is 33.3 Å². The number of benzene rings is 6. The molecule has 0 unspecified atom stereocenters. The van der Waals surface area contributed by atoms with Gasteiger partial charge in [0.25, 0.3) is 0 Å². The van der Waals surface area contributed by atoms with Gasteiger partial charge in [0, 0.05) is 52.0 Å². The Bertz CT molecular complexity index is 2990. The van der Waals surface area contributed by atoms with E-state index in [9.17, 15) is 14.4 Å². The van der Waals surface area contributed by atoms with Crippen LogP contribution in [0.25, 0.3) is 65.4 Å². The van der Waals surface area contributed by atoms with Crippen molar-refractivity contribution in [2.45, 2.75) is 80.4 Å². The van der Waals surface area contributed by atoms with E-state index in [4.69, 9.17) is 17.2 Å². The summed E-state index contributed by atoms with van der Waals surface area (Å²) in [7, 11) is 0. The first-order valence-electron chi connectivity index (χ1n) is 22.1. The van der Waals surface area contributed by atoms with Crippen LogP contribution in [0, 0.1) is 41.5 Å². The smallest absolute Gasteiger partial charge is 0.197 e. The van der Waals surface area contributed by atoms with Crippen molar-refractivity contribution in [2.24, 2.45) is 17.2 Å². The first-order chi connectivity index (χ1) is 30.4. The van der Waals surface area contributed by atoms with Crippen LogP contribution in [0.2, 0.25) is 0 Å². The van der Waals surface area contributed by atoms with Crippen LogP contribution in [0.15, 0.2) is 124 Å². The molecule has 0 aliphatic heterocycles. The SMILES string of the molecule is Cc1ccc2c(=O)c3ccccc3n(CCCN)c2c1C.Cc1ccc2c(=O)c3ccccc3n(CCCN)c2c1C.Cc1ccc2c(=O)c3ccccc3n(CCCN)c2c1C. The number of hydrogen-bond donors (Lipinski definition) is 3. The summed E-state index contributed by atoms with van der Waals surface area (Å²) in [6, 6.07) is 35.4. The highest BCUT2D eigenvalue weighted by Gasteiger charge is 2.16. The van der Waals surface area contributed by atoms with Crippen LogP contribution in [0.5, 0.6) is 0 Å². The molecule has 6 aromatic carbocycles. The Hall–Kier alpha value is -6.39. The highest BCUT2D eigenvalue weighted by atomic mass is 16.1. The van der Waals surface area contributed by atoms with E-state index in [1.54, 1.807) is 0 Å². The number of pyridine rings is 3. The Morgan fingerprint density at radius 2 is 0.603 bits per heavy atom.